The van der Waals surface area contributed by atoms with E-state index in [1.54, 1.807) is 0 Å². The largest absolute Gasteiger partial charge is 0.493 e. The average Bonchev–Trinajstić information content (AvgIpc) is 2.53. The van der Waals surface area contributed by atoms with E-state index in [0.717, 1.165) is 4.57 Å². The molecule has 0 radical (unpaired) electrons. The standard InChI is InChI=1S/C10H9N3O4/c1-11-6-9(14)12(10(11)15)7-3-2-4-8(5-7)13(16)17/h2-6,14H,1H3. The van der Waals surface area contributed by atoms with Crippen molar-refractivity contribution >= 4 is 5.69 Å². The predicted octanol–water partition coefficient (Wildman–Crippen LogP) is 0.790. The number of non-ortho nitro benzene ring substituents is 1. The van der Waals surface area contributed by atoms with Crippen LogP contribution in [0.3, 0.4) is 0 Å². The molecular weight excluding hydrogens is 226 g/mol. The molecule has 0 aliphatic carbocycles. The summed E-state index contributed by atoms with van der Waals surface area (Å²) in [5.41, 5.74) is -0.358. The normalized spacial score (nSPS) is 10.4. The van der Waals surface area contributed by atoms with E-state index in [1.807, 2.05) is 0 Å². The molecule has 0 spiro atoms. The van der Waals surface area contributed by atoms with Crippen LogP contribution in [0.1, 0.15) is 0 Å². The van der Waals surface area contributed by atoms with Gasteiger partial charge in [0.2, 0.25) is 5.88 Å². The van der Waals surface area contributed by atoms with E-state index >= 15 is 0 Å². The number of hydrogen-bond acceptors (Lipinski definition) is 4. The summed E-state index contributed by atoms with van der Waals surface area (Å²) in [4.78, 5) is 21.7. The fourth-order valence-corrected chi connectivity index (χ4v) is 1.53. The summed E-state index contributed by atoms with van der Waals surface area (Å²) in [7, 11) is 1.48. The molecule has 1 aromatic carbocycles. The molecule has 0 unspecified atom stereocenters. The van der Waals surface area contributed by atoms with Gasteiger partial charge < -0.3 is 5.11 Å². The number of rotatable bonds is 2. The van der Waals surface area contributed by atoms with Crippen molar-refractivity contribution in [3.8, 4) is 11.6 Å². The van der Waals surface area contributed by atoms with Crippen LogP contribution in [0.15, 0.2) is 35.3 Å². The highest BCUT2D eigenvalue weighted by Crippen LogP contribution is 2.19. The van der Waals surface area contributed by atoms with Crippen molar-refractivity contribution in [2.45, 2.75) is 0 Å². The van der Waals surface area contributed by atoms with E-state index in [4.69, 9.17) is 0 Å². The van der Waals surface area contributed by atoms with Gasteiger partial charge in [0.25, 0.3) is 5.69 Å². The first-order chi connectivity index (χ1) is 8.00. The molecule has 1 heterocycles. The highest BCUT2D eigenvalue weighted by molar-refractivity contribution is 5.44. The van der Waals surface area contributed by atoms with Crippen LogP contribution in [-0.2, 0) is 7.05 Å². The van der Waals surface area contributed by atoms with Crippen LogP contribution in [0.4, 0.5) is 5.69 Å². The first-order valence-corrected chi connectivity index (χ1v) is 4.73. The number of aromatic hydroxyl groups is 1. The van der Waals surface area contributed by atoms with Gasteiger partial charge in [0.15, 0.2) is 0 Å². The van der Waals surface area contributed by atoms with E-state index in [0.29, 0.717) is 0 Å². The maximum absolute atomic E-state index is 11.7. The quantitative estimate of drug-likeness (QED) is 0.615. The molecule has 0 bridgehead atoms. The van der Waals surface area contributed by atoms with Crippen molar-refractivity contribution in [1.29, 1.82) is 0 Å². The second-order valence-corrected chi connectivity index (χ2v) is 3.49. The zero-order chi connectivity index (χ0) is 12.6. The lowest BCUT2D eigenvalue weighted by Crippen LogP contribution is -2.20. The molecule has 7 heteroatoms. The van der Waals surface area contributed by atoms with Gasteiger partial charge in [0.1, 0.15) is 0 Å². The van der Waals surface area contributed by atoms with Gasteiger partial charge in [0, 0.05) is 19.2 Å². The van der Waals surface area contributed by atoms with Gasteiger partial charge in [-0.1, -0.05) is 6.07 Å². The van der Waals surface area contributed by atoms with Crippen molar-refractivity contribution in [3.63, 3.8) is 0 Å². The Morgan fingerprint density at radius 2 is 2.12 bits per heavy atom. The fourth-order valence-electron chi connectivity index (χ4n) is 1.53. The average molecular weight is 235 g/mol. The zero-order valence-corrected chi connectivity index (χ0v) is 8.90. The van der Waals surface area contributed by atoms with Crippen molar-refractivity contribution in [3.05, 3.63) is 51.1 Å². The molecule has 2 aromatic rings. The molecule has 1 aromatic heterocycles. The number of nitro groups is 1. The number of hydrogen-bond donors (Lipinski definition) is 1. The Morgan fingerprint density at radius 3 is 2.65 bits per heavy atom. The van der Waals surface area contributed by atoms with E-state index in [9.17, 15) is 20.0 Å². The van der Waals surface area contributed by atoms with Crippen LogP contribution in [0.25, 0.3) is 5.69 Å². The number of imidazole rings is 1. The molecule has 0 atom stereocenters. The number of aryl methyl sites for hydroxylation is 1. The number of benzene rings is 1. The summed E-state index contributed by atoms with van der Waals surface area (Å²) >= 11 is 0. The van der Waals surface area contributed by atoms with Gasteiger partial charge in [-0.25, -0.2) is 9.36 Å². The molecule has 2 rings (SSSR count). The summed E-state index contributed by atoms with van der Waals surface area (Å²) in [6.07, 6.45) is 1.24. The Bertz CT molecular complexity index is 641. The van der Waals surface area contributed by atoms with Crippen LogP contribution in [-0.4, -0.2) is 19.2 Å². The summed E-state index contributed by atoms with van der Waals surface area (Å²) in [5.74, 6) is -0.266. The van der Waals surface area contributed by atoms with Crippen molar-refractivity contribution in [1.82, 2.24) is 9.13 Å². The fraction of sp³-hybridized carbons (Fsp3) is 0.100. The Morgan fingerprint density at radius 1 is 1.41 bits per heavy atom. The predicted molar refractivity (Wildman–Crippen MR) is 59.3 cm³/mol. The minimum atomic E-state index is -0.561. The molecular formula is C10H9N3O4. The SMILES string of the molecule is Cn1cc(O)n(-c2cccc([N+](=O)[O-])c2)c1=O. The van der Waals surface area contributed by atoms with E-state index in [-0.39, 0.29) is 17.3 Å². The minimum absolute atomic E-state index is 0.141. The van der Waals surface area contributed by atoms with Crippen LogP contribution in [0, 0.1) is 10.1 Å². The third-order valence-electron chi connectivity index (χ3n) is 2.33. The van der Waals surface area contributed by atoms with Crippen LogP contribution in [0.2, 0.25) is 0 Å². The molecule has 17 heavy (non-hydrogen) atoms. The Kier molecular flexibility index (Phi) is 2.43. The highest BCUT2D eigenvalue weighted by atomic mass is 16.6. The Hall–Kier alpha value is -2.57. The van der Waals surface area contributed by atoms with Crippen LogP contribution in [0.5, 0.6) is 5.88 Å². The molecule has 88 valence electrons. The lowest BCUT2D eigenvalue weighted by molar-refractivity contribution is -0.384. The second kappa shape index (κ2) is 3.78. The summed E-state index contributed by atoms with van der Waals surface area (Å²) < 4.78 is 2.18. The summed E-state index contributed by atoms with van der Waals surface area (Å²) in [6, 6.07) is 5.50. The van der Waals surface area contributed by atoms with E-state index in [1.165, 1.54) is 42.1 Å². The first-order valence-electron chi connectivity index (χ1n) is 4.73. The summed E-state index contributed by atoms with van der Waals surface area (Å²) in [5, 5.41) is 20.2. The number of nitro benzene ring substituents is 1. The first kappa shape index (κ1) is 10.9. The number of nitrogens with zero attached hydrogens (tertiary/aromatic N) is 3. The lowest BCUT2D eigenvalue weighted by Gasteiger charge is -2.02. The maximum atomic E-state index is 11.7. The molecule has 0 aliphatic rings. The third kappa shape index (κ3) is 1.78. The summed E-state index contributed by atoms with van der Waals surface area (Å²) in [6.45, 7) is 0. The molecule has 0 amide bonds. The third-order valence-corrected chi connectivity index (χ3v) is 2.33. The van der Waals surface area contributed by atoms with Crippen molar-refractivity contribution in [2.24, 2.45) is 7.05 Å². The van der Waals surface area contributed by atoms with Gasteiger partial charge >= 0.3 is 5.69 Å². The highest BCUT2D eigenvalue weighted by Gasteiger charge is 2.13. The molecule has 1 N–H and O–H groups in total. The van der Waals surface area contributed by atoms with E-state index < -0.39 is 10.6 Å². The van der Waals surface area contributed by atoms with Crippen LogP contribution < -0.4 is 5.69 Å². The van der Waals surface area contributed by atoms with Gasteiger partial charge in [-0.05, 0) is 6.07 Å². The van der Waals surface area contributed by atoms with Gasteiger partial charge in [-0.2, -0.15) is 0 Å². The van der Waals surface area contributed by atoms with Crippen LogP contribution >= 0.6 is 0 Å². The van der Waals surface area contributed by atoms with E-state index in [2.05, 4.69) is 0 Å². The van der Waals surface area contributed by atoms with Crippen molar-refractivity contribution in [2.75, 3.05) is 0 Å². The molecule has 7 nitrogen and oxygen atoms in total. The van der Waals surface area contributed by atoms with Gasteiger partial charge in [0.05, 0.1) is 16.8 Å². The second-order valence-electron chi connectivity index (χ2n) is 3.49. The van der Waals surface area contributed by atoms with Crippen molar-refractivity contribution < 1.29 is 10.0 Å². The van der Waals surface area contributed by atoms with Gasteiger partial charge in [-0.3, -0.25) is 14.7 Å². The maximum Gasteiger partial charge on any atom is 0.335 e. The Balaban J connectivity index is 2.65. The lowest BCUT2D eigenvalue weighted by atomic mass is 10.3. The molecule has 0 saturated heterocycles. The molecule has 0 fully saturated rings. The Labute approximate surface area is 95.3 Å². The number of aromatic nitrogens is 2. The monoisotopic (exact) mass is 235 g/mol. The molecule has 0 aliphatic heterocycles. The molecule has 0 saturated carbocycles. The minimum Gasteiger partial charge on any atom is -0.493 e. The smallest absolute Gasteiger partial charge is 0.335 e. The zero-order valence-electron chi connectivity index (χ0n) is 8.90. The topological polar surface area (TPSA) is 90.3 Å². The van der Waals surface area contributed by atoms with Gasteiger partial charge in [-0.15, -0.1) is 0 Å².